The van der Waals surface area contributed by atoms with Crippen LogP contribution in [0.2, 0.25) is 0 Å². The van der Waals surface area contributed by atoms with Crippen LogP contribution in [0.1, 0.15) is 70.8 Å². The predicted molar refractivity (Wildman–Crippen MR) is 98.0 cm³/mol. The summed E-state index contributed by atoms with van der Waals surface area (Å²) in [7, 11) is 0. The molecule has 0 aliphatic rings. The zero-order valence-corrected chi connectivity index (χ0v) is 16.1. The van der Waals surface area contributed by atoms with E-state index in [-0.39, 0.29) is 35.5 Å². The van der Waals surface area contributed by atoms with Crippen molar-refractivity contribution in [2.45, 2.75) is 39.8 Å². The molecule has 0 spiro atoms. The van der Waals surface area contributed by atoms with E-state index in [1.807, 2.05) is 27.7 Å². The second-order valence-corrected chi connectivity index (χ2v) is 8.19. The minimum Gasteiger partial charge on any atom is -0.476 e. The van der Waals surface area contributed by atoms with Crippen LogP contribution in [0.4, 0.5) is 0 Å². The Balaban J connectivity index is 2.16. The van der Waals surface area contributed by atoms with Gasteiger partial charge >= 0.3 is 5.97 Å². The minimum atomic E-state index is -1.08. The zero-order chi connectivity index (χ0) is 18.7. The molecule has 0 aliphatic heterocycles. The number of carboxylic acids is 1. The third kappa shape index (κ3) is 4.62. The number of nitrogens with one attached hydrogen (secondary N) is 1. The molecule has 2 aromatic heterocycles. The molecule has 7 nitrogen and oxygen atoms in total. The van der Waals surface area contributed by atoms with Gasteiger partial charge < -0.3 is 16.2 Å². The van der Waals surface area contributed by atoms with Crippen LogP contribution in [-0.4, -0.2) is 27.0 Å². The molecule has 0 radical (unpaired) electrons. The Morgan fingerprint density at radius 2 is 1.60 bits per heavy atom. The first-order chi connectivity index (χ1) is 11.7. The highest BCUT2D eigenvalue weighted by Gasteiger charge is 2.25. The Hall–Kier alpha value is -1.84. The lowest BCUT2D eigenvalue weighted by Crippen LogP contribution is -2.32. The molecule has 0 saturated carbocycles. The Kier molecular flexibility index (Phi) is 6.26. The van der Waals surface area contributed by atoms with Gasteiger partial charge in [-0.3, -0.25) is 4.79 Å². The fourth-order valence-electron chi connectivity index (χ4n) is 2.09. The van der Waals surface area contributed by atoms with Crippen LogP contribution in [0.15, 0.2) is 10.8 Å². The Labute approximate surface area is 154 Å². The van der Waals surface area contributed by atoms with E-state index in [9.17, 15) is 9.59 Å². The number of aromatic nitrogens is 2. The number of aromatic carboxylic acids is 1. The van der Waals surface area contributed by atoms with Gasteiger partial charge in [0.2, 0.25) is 0 Å². The Morgan fingerprint density at radius 3 is 2.12 bits per heavy atom. The van der Waals surface area contributed by atoms with E-state index < -0.39 is 5.97 Å². The van der Waals surface area contributed by atoms with Crippen molar-refractivity contribution in [3.8, 4) is 0 Å². The molecule has 136 valence electrons. The summed E-state index contributed by atoms with van der Waals surface area (Å²) in [5.41, 5.74) is 6.38. The standard InChI is InChI=1S/C16H22N4O3S2/c1-7(2)11(17)14-18-9(5-24-14)13(21)20-12(8(3)4)15-19-10(6-25-15)16(22)23/h5-8,11-12H,17H2,1-4H3,(H,20,21)(H,22,23)/t11-,12-/m0/s1. The van der Waals surface area contributed by atoms with Crippen LogP contribution in [0.25, 0.3) is 0 Å². The van der Waals surface area contributed by atoms with Crippen molar-refractivity contribution in [3.05, 3.63) is 32.2 Å². The predicted octanol–water partition coefficient (Wildman–Crippen LogP) is 3.08. The highest BCUT2D eigenvalue weighted by Crippen LogP contribution is 2.27. The summed E-state index contributed by atoms with van der Waals surface area (Å²) in [5, 5.41) is 16.4. The number of thiazole rings is 2. The monoisotopic (exact) mass is 382 g/mol. The number of hydrogen-bond donors (Lipinski definition) is 3. The Bertz CT molecular complexity index is 754. The number of rotatable bonds is 7. The van der Waals surface area contributed by atoms with Gasteiger partial charge in [-0.25, -0.2) is 14.8 Å². The van der Waals surface area contributed by atoms with Gasteiger partial charge in [0.1, 0.15) is 15.7 Å². The SMILES string of the molecule is CC(C)[C@H](N)c1nc(C(=O)N[C@H](c2nc(C(=O)O)cs2)C(C)C)cs1. The van der Waals surface area contributed by atoms with Crippen LogP contribution in [0.3, 0.4) is 0 Å². The quantitative estimate of drug-likeness (QED) is 0.677. The van der Waals surface area contributed by atoms with Gasteiger partial charge in [-0.2, -0.15) is 0 Å². The number of carbonyl (C=O) groups is 2. The van der Waals surface area contributed by atoms with Gasteiger partial charge in [0.05, 0.1) is 12.1 Å². The molecule has 2 aromatic rings. The average molecular weight is 383 g/mol. The van der Waals surface area contributed by atoms with Crippen LogP contribution in [-0.2, 0) is 0 Å². The lowest BCUT2D eigenvalue weighted by atomic mass is 10.0. The second-order valence-electron chi connectivity index (χ2n) is 6.41. The van der Waals surface area contributed by atoms with E-state index in [0.29, 0.717) is 10.7 Å². The van der Waals surface area contributed by atoms with Crippen molar-refractivity contribution in [1.82, 2.24) is 15.3 Å². The summed E-state index contributed by atoms with van der Waals surface area (Å²) < 4.78 is 0. The second kappa shape index (κ2) is 8.03. The van der Waals surface area contributed by atoms with Crippen molar-refractivity contribution in [1.29, 1.82) is 0 Å². The van der Waals surface area contributed by atoms with E-state index in [0.717, 1.165) is 5.01 Å². The number of hydrogen-bond acceptors (Lipinski definition) is 7. The summed E-state index contributed by atoms with van der Waals surface area (Å²) in [6.45, 7) is 7.88. The molecule has 1 amide bonds. The molecule has 25 heavy (non-hydrogen) atoms. The van der Waals surface area contributed by atoms with E-state index in [1.165, 1.54) is 28.1 Å². The molecule has 0 aliphatic carbocycles. The maximum Gasteiger partial charge on any atom is 0.355 e. The first-order valence-corrected chi connectivity index (χ1v) is 9.67. The average Bonchev–Trinajstić information content (AvgIpc) is 3.20. The summed E-state index contributed by atoms with van der Waals surface area (Å²) in [5.74, 6) is -1.12. The number of nitrogens with two attached hydrogens (primary N) is 1. The molecule has 2 heterocycles. The Morgan fingerprint density at radius 1 is 1.04 bits per heavy atom. The highest BCUT2D eigenvalue weighted by atomic mass is 32.1. The van der Waals surface area contributed by atoms with Gasteiger partial charge in [0.15, 0.2) is 5.69 Å². The lowest BCUT2D eigenvalue weighted by molar-refractivity contribution is 0.0691. The molecule has 0 aromatic carbocycles. The summed E-state index contributed by atoms with van der Waals surface area (Å²) >= 11 is 2.59. The van der Waals surface area contributed by atoms with Crippen molar-refractivity contribution in [2.24, 2.45) is 17.6 Å². The molecule has 2 rings (SSSR count). The molecule has 0 fully saturated rings. The third-order valence-electron chi connectivity index (χ3n) is 3.72. The van der Waals surface area contributed by atoms with Crippen LogP contribution < -0.4 is 11.1 Å². The van der Waals surface area contributed by atoms with Gasteiger partial charge in [-0.05, 0) is 11.8 Å². The molecule has 4 N–H and O–H groups in total. The molecule has 9 heteroatoms. The maximum atomic E-state index is 12.5. The summed E-state index contributed by atoms with van der Waals surface area (Å²) in [4.78, 5) is 32.0. The zero-order valence-electron chi connectivity index (χ0n) is 14.5. The number of amides is 1. The van der Waals surface area contributed by atoms with E-state index in [2.05, 4.69) is 15.3 Å². The van der Waals surface area contributed by atoms with Gasteiger partial charge in [-0.1, -0.05) is 27.7 Å². The van der Waals surface area contributed by atoms with E-state index in [4.69, 9.17) is 10.8 Å². The van der Waals surface area contributed by atoms with Crippen LogP contribution >= 0.6 is 22.7 Å². The van der Waals surface area contributed by atoms with E-state index in [1.54, 1.807) is 5.38 Å². The largest absolute Gasteiger partial charge is 0.476 e. The maximum absolute atomic E-state index is 12.5. The normalized spacial score (nSPS) is 13.9. The molecule has 0 saturated heterocycles. The van der Waals surface area contributed by atoms with Crippen LogP contribution in [0.5, 0.6) is 0 Å². The minimum absolute atomic E-state index is 0.0150. The van der Waals surface area contributed by atoms with Crippen molar-refractivity contribution >= 4 is 34.6 Å². The van der Waals surface area contributed by atoms with Gasteiger partial charge in [0.25, 0.3) is 5.91 Å². The third-order valence-corrected chi connectivity index (χ3v) is 5.59. The molecular weight excluding hydrogens is 360 g/mol. The van der Waals surface area contributed by atoms with Crippen molar-refractivity contribution in [3.63, 3.8) is 0 Å². The topological polar surface area (TPSA) is 118 Å². The molecule has 0 unspecified atom stereocenters. The first-order valence-electron chi connectivity index (χ1n) is 7.91. The lowest BCUT2D eigenvalue weighted by Gasteiger charge is -2.19. The number of carbonyl (C=O) groups excluding carboxylic acids is 1. The fraction of sp³-hybridized carbons (Fsp3) is 0.500. The van der Waals surface area contributed by atoms with Gasteiger partial charge in [0, 0.05) is 10.8 Å². The number of carboxylic acid groups (broad SMARTS) is 1. The van der Waals surface area contributed by atoms with Crippen molar-refractivity contribution < 1.29 is 14.7 Å². The molecule has 2 atom stereocenters. The fourth-order valence-corrected chi connectivity index (χ4v) is 4.07. The summed E-state index contributed by atoms with van der Waals surface area (Å²) in [6, 6.07) is -0.584. The first kappa shape index (κ1) is 19.5. The van der Waals surface area contributed by atoms with E-state index >= 15 is 0 Å². The summed E-state index contributed by atoms with van der Waals surface area (Å²) in [6.07, 6.45) is 0. The van der Waals surface area contributed by atoms with Crippen molar-refractivity contribution in [2.75, 3.05) is 0 Å². The molecule has 0 bridgehead atoms. The van der Waals surface area contributed by atoms with Crippen LogP contribution in [0, 0.1) is 11.8 Å². The number of nitrogens with zero attached hydrogens (tertiary/aromatic N) is 2. The molecular formula is C16H22N4O3S2. The highest BCUT2D eigenvalue weighted by molar-refractivity contribution is 7.10. The smallest absolute Gasteiger partial charge is 0.355 e. The van der Waals surface area contributed by atoms with Gasteiger partial charge in [-0.15, -0.1) is 22.7 Å².